The number of nitrogens with one attached hydrogen (secondary N) is 2. The normalized spacial score (nSPS) is 10.7. The Labute approximate surface area is 98.1 Å². The second-order valence-electron chi connectivity index (χ2n) is 3.21. The van der Waals surface area contributed by atoms with Gasteiger partial charge in [0, 0.05) is 0 Å². The molecule has 0 atom stereocenters. The van der Waals surface area contributed by atoms with Gasteiger partial charge < -0.3 is 14.6 Å². The van der Waals surface area contributed by atoms with Crippen molar-refractivity contribution in [1.82, 2.24) is 35.5 Å². The Morgan fingerprint density at radius 2 is 2.33 bits per heavy atom. The summed E-state index contributed by atoms with van der Waals surface area (Å²) >= 11 is 0. The van der Waals surface area contributed by atoms with E-state index in [2.05, 4.69) is 35.5 Å². The highest BCUT2D eigenvalue weighted by atomic mass is 16.5. The van der Waals surface area contributed by atoms with Gasteiger partial charge in [-0.25, -0.2) is 9.78 Å². The summed E-state index contributed by atoms with van der Waals surface area (Å²) in [5.74, 6) is -0.972. The van der Waals surface area contributed by atoms with Gasteiger partial charge in [0.2, 0.25) is 5.82 Å². The third kappa shape index (κ3) is 1.52. The van der Waals surface area contributed by atoms with E-state index < -0.39 is 5.97 Å². The molecule has 0 fully saturated rings. The van der Waals surface area contributed by atoms with Crippen LogP contribution >= 0.6 is 0 Å². The molecule has 0 unspecified atom stereocenters. The topological polar surface area (TPSA) is 146 Å². The molecule has 10 heteroatoms. The number of rotatable bonds is 3. The molecule has 0 amide bonds. The number of aromatic nitrogens is 7. The predicted molar refractivity (Wildman–Crippen MR) is 54.2 cm³/mol. The molecular formula is C8H5N7O3. The van der Waals surface area contributed by atoms with Crippen molar-refractivity contribution in [3.8, 4) is 23.1 Å². The van der Waals surface area contributed by atoms with Gasteiger partial charge >= 0.3 is 5.97 Å². The first-order valence-corrected chi connectivity index (χ1v) is 4.72. The van der Waals surface area contributed by atoms with Gasteiger partial charge in [0.1, 0.15) is 5.69 Å². The van der Waals surface area contributed by atoms with E-state index >= 15 is 0 Å². The molecule has 0 aromatic carbocycles. The summed E-state index contributed by atoms with van der Waals surface area (Å²) in [5, 5.41) is 22.4. The van der Waals surface area contributed by atoms with Crippen LogP contribution in [0.5, 0.6) is 0 Å². The van der Waals surface area contributed by atoms with E-state index in [-0.39, 0.29) is 23.1 Å². The number of aromatic amines is 2. The van der Waals surface area contributed by atoms with Gasteiger partial charge in [-0.3, -0.25) is 0 Å². The SMILES string of the molecule is O=C(O)c1nc[nH]c1-c1nc(-c2cn[nH]n2)no1. The second-order valence-corrected chi connectivity index (χ2v) is 3.21. The van der Waals surface area contributed by atoms with E-state index in [1.807, 2.05) is 0 Å². The fourth-order valence-electron chi connectivity index (χ4n) is 1.36. The summed E-state index contributed by atoms with van der Waals surface area (Å²) in [7, 11) is 0. The number of carboxylic acid groups (broad SMARTS) is 1. The zero-order valence-corrected chi connectivity index (χ0v) is 8.65. The highest BCUT2D eigenvalue weighted by Crippen LogP contribution is 2.21. The van der Waals surface area contributed by atoms with E-state index in [0.29, 0.717) is 5.69 Å². The molecule has 0 saturated carbocycles. The zero-order valence-electron chi connectivity index (χ0n) is 8.65. The van der Waals surface area contributed by atoms with E-state index in [9.17, 15) is 4.79 Å². The zero-order chi connectivity index (χ0) is 12.5. The van der Waals surface area contributed by atoms with Gasteiger partial charge in [0.15, 0.2) is 11.4 Å². The molecule has 0 radical (unpaired) electrons. The summed E-state index contributed by atoms with van der Waals surface area (Å²) in [6.07, 6.45) is 2.65. The number of nitrogens with zero attached hydrogens (tertiary/aromatic N) is 5. The van der Waals surface area contributed by atoms with Gasteiger partial charge in [-0.15, -0.1) is 0 Å². The standard InChI is InChI=1S/C8H5N7O3/c16-8(17)5-4(9-2-10-5)7-12-6(14-18-7)3-1-11-15-13-3/h1-2H,(H,9,10)(H,16,17)(H,11,13,15). The Balaban J connectivity index is 2.03. The van der Waals surface area contributed by atoms with Gasteiger partial charge in [0.05, 0.1) is 12.5 Å². The first kappa shape index (κ1) is 10.1. The van der Waals surface area contributed by atoms with Crippen LogP contribution in [0.15, 0.2) is 17.0 Å². The van der Waals surface area contributed by atoms with Crippen molar-refractivity contribution >= 4 is 5.97 Å². The van der Waals surface area contributed by atoms with Crippen LogP contribution < -0.4 is 0 Å². The number of carboxylic acids is 1. The van der Waals surface area contributed by atoms with Gasteiger partial charge in [-0.1, -0.05) is 5.16 Å². The Kier molecular flexibility index (Phi) is 2.12. The van der Waals surface area contributed by atoms with Crippen LogP contribution in [0.25, 0.3) is 23.1 Å². The molecular weight excluding hydrogens is 242 g/mol. The molecule has 0 aliphatic heterocycles. The van der Waals surface area contributed by atoms with Crippen LogP contribution in [0.3, 0.4) is 0 Å². The fraction of sp³-hybridized carbons (Fsp3) is 0. The van der Waals surface area contributed by atoms with Crippen molar-refractivity contribution in [3.63, 3.8) is 0 Å². The molecule has 3 heterocycles. The lowest BCUT2D eigenvalue weighted by Crippen LogP contribution is -1.99. The van der Waals surface area contributed by atoms with Crippen molar-refractivity contribution in [2.75, 3.05) is 0 Å². The monoisotopic (exact) mass is 247 g/mol. The molecule has 0 aliphatic carbocycles. The summed E-state index contributed by atoms with van der Waals surface area (Å²) in [4.78, 5) is 21.2. The van der Waals surface area contributed by atoms with Crippen molar-refractivity contribution in [1.29, 1.82) is 0 Å². The maximum absolute atomic E-state index is 10.9. The van der Waals surface area contributed by atoms with Crippen LogP contribution in [0.4, 0.5) is 0 Å². The van der Waals surface area contributed by atoms with Crippen molar-refractivity contribution in [2.45, 2.75) is 0 Å². The summed E-state index contributed by atoms with van der Waals surface area (Å²) < 4.78 is 4.95. The van der Waals surface area contributed by atoms with Gasteiger partial charge in [-0.2, -0.15) is 20.4 Å². The maximum atomic E-state index is 10.9. The minimum Gasteiger partial charge on any atom is -0.476 e. The average molecular weight is 247 g/mol. The first-order valence-electron chi connectivity index (χ1n) is 4.72. The number of aromatic carboxylic acids is 1. The minimum atomic E-state index is -1.19. The number of hydrogen-bond donors (Lipinski definition) is 3. The molecule has 0 saturated heterocycles. The van der Waals surface area contributed by atoms with Crippen LogP contribution in [-0.2, 0) is 0 Å². The Hall–Kier alpha value is -3.04. The highest BCUT2D eigenvalue weighted by Gasteiger charge is 2.21. The van der Waals surface area contributed by atoms with Crippen LogP contribution in [0, 0.1) is 0 Å². The molecule has 10 nitrogen and oxygen atoms in total. The lowest BCUT2D eigenvalue weighted by atomic mass is 10.3. The Morgan fingerprint density at radius 3 is 3.06 bits per heavy atom. The minimum absolute atomic E-state index is 0.0166. The summed E-state index contributed by atoms with van der Waals surface area (Å²) in [5.41, 5.74) is 0.344. The van der Waals surface area contributed by atoms with Crippen LogP contribution in [0.2, 0.25) is 0 Å². The van der Waals surface area contributed by atoms with E-state index in [1.54, 1.807) is 0 Å². The largest absolute Gasteiger partial charge is 0.476 e. The number of hydrogen-bond acceptors (Lipinski definition) is 7. The average Bonchev–Trinajstić information content (AvgIpc) is 3.10. The molecule has 3 rings (SSSR count). The molecule has 3 N–H and O–H groups in total. The summed E-state index contributed by atoms with van der Waals surface area (Å²) in [6.45, 7) is 0. The summed E-state index contributed by atoms with van der Waals surface area (Å²) in [6, 6.07) is 0. The third-order valence-corrected chi connectivity index (χ3v) is 2.13. The van der Waals surface area contributed by atoms with Crippen molar-refractivity contribution in [2.24, 2.45) is 0 Å². The smallest absolute Gasteiger partial charge is 0.356 e. The lowest BCUT2D eigenvalue weighted by Gasteiger charge is -1.90. The molecule has 0 bridgehead atoms. The quantitative estimate of drug-likeness (QED) is 0.583. The van der Waals surface area contributed by atoms with E-state index in [4.69, 9.17) is 9.63 Å². The first-order chi connectivity index (χ1) is 8.75. The molecule has 90 valence electrons. The fourth-order valence-corrected chi connectivity index (χ4v) is 1.36. The van der Waals surface area contributed by atoms with Crippen molar-refractivity contribution < 1.29 is 14.4 Å². The lowest BCUT2D eigenvalue weighted by molar-refractivity contribution is 0.0691. The number of carbonyl (C=O) groups is 1. The third-order valence-electron chi connectivity index (χ3n) is 2.13. The maximum Gasteiger partial charge on any atom is 0.356 e. The Bertz CT molecular complexity index is 683. The number of H-pyrrole nitrogens is 2. The molecule has 3 aromatic rings. The second kappa shape index (κ2) is 3.76. The van der Waals surface area contributed by atoms with Crippen LogP contribution in [-0.4, -0.2) is 46.6 Å². The Morgan fingerprint density at radius 1 is 1.44 bits per heavy atom. The molecule has 0 spiro atoms. The van der Waals surface area contributed by atoms with Gasteiger partial charge in [0.25, 0.3) is 5.89 Å². The predicted octanol–water partition coefficient (Wildman–Crippen LogP) is -0.0570. The van der Waals surface area contributed by atoms with Crippen LogP contribution in [0.1, 0.15) is 10.5 Å². The van der Waals surface area contributed by atoms with E-state index in [0.717, 1.165) is 0 Å². The van der Waals surface area contributed by atoms with Crippen molar-refractivity contribution in [3.05, 3.63) is 18.2 Å². The molecule has 18 heavy (non-hydrogen) atoms. The number of imidazole rings is 1. The molecule has 3 aromatic heterocycles. The molecule has 0 aliphatic rings. The van der Waals surface area contributed by atoms with Gasteiger partial charge in [-0.05, 0) is 0 Å². The van der Waals surface area contributed by atoms with E-state index in [1.165, 1.54) is 12.5 Å². The highest BCUT2D eigenvalue weighted by molar-refractivity contribution is 5.91.